The first kappa shape index (κ1) is 19.0. The molecular weight excluding hydrogens is 238 g/mol. The van der Waals surface area contributed by atoms with Gasteiger partial charge in [-0.25, -0.2) is 0 Å². The summed E-state index contributed by atoms with van der Waals surface area (Å²) >= 11 is 1.96. The third kappa shape index (κ3) is 12.7. The zero-order chi connectivity index (χ0) is 11.6. The summed E-state index contributed by atoms with van der Waals surface area (Å²) in [6.45, 7) is 4.95. The maximum Gasteiger partial charge on any atom is 0.0874 e. The number of hydrogen-bond acceptors (Lipinski definition) is 1. The Hall–Kier alpha value is 0.600. The number of rotatable bonds is 10. The SMILES string of the molecule is CCCCCCCC[N+](C)(C)CCSC.[Cl-]. The van der Waals surface area contributed by atoms with Gasteiger partial charge in [-0.3, -0.25) is 0 Å². The standard InChI is InChI=1S/C13H30NS.ClH/c1-5-6-7-8-9-10-11-14(2,3)12-13-15-4;/h5-13H2,1-4H3;1H/q+1;/p-1. The highest BCUT2D eigenvalue weighted by molar-refractivity contribution is 7.98. The molecule has 0 radical (unpaired) electrons. The second kappa shape index (κ2) is 12.1. The number of thioether (sulfide) groups is 1. The molecule has 0 spiro atoms. The van der Waals surface area contributed by atoms with Crippen molar-refractivity contribution in [1.82, 2.24) is 0 Å². The van der Waals surface area contributed by atoms with Crippen LogP contribution in [0.15, 0.2) is 0 Å². The highest BCUT2D eigenvalue weighted by Gasteiger charge is 2.12. The molecule has 3 heteroatoms. The molecule has 0 bridgehead atoms. The van der Waals surface area contributed by atoms with Crippen LogP contribution in [0.5, 0.6) is 0 Å². The Balaban J connectivity index is 0. The Morgan fingerprint density at radius 3 is 2.00 bits per heavy atom. The fourth-order valence-electron chi connectivity index (χ4n) is 1.77. The van der Waals surface area contributed by atoms with E-state index in [9.17, 15) is 0 Å². The van der Waals surface area contributed by atoms with Gasteiger partial charge < -0.3 is 16.9 Å². The van der Waals surface area contributed by atoms with Crippen LogP contribution in [-0.2, 0) is 0 Å². The molecule has 0 aromatic rings. The minimum absolute atomic E-state index is 0. The lowest BCUT2D eigenvalue weighted by atomic mass is 10.1. The molecule has 0 saturated heterocycles. The maximum atomic E-state index is 2.36. The topological polar surface area (TPSA) is 0 Å². The van der Waals surface area contributed by atoms with Crippen LogP contribution >= 0.6 is 11.8 Å². The van der Waals surface area contributed by atoms with Crippen LogP contribution in [0.25, 0.3) is 0 Å². The third-order valence-electron chi connectivity index (χ3n) is 3.02. The highest BCUT2D eigenvalue weighted by Crippen LogP contribution is 2.08. The van der Waals surface area contributed by atoms with Crippen molar-refractivity contribution in [3.05, 3.63) is 0 Å². The van der Waals surface area contributed by atoms with Crippen molar-refractivity contribution in [3.8, 4) is 0 Å². The normalized spacial score (nSPS) is 11.2. The van der Waals surface area contributed by atoms with E-state index in [1.165, 1.54) is 61.9 Å². The number of nitrogens with zero attached hydrogens (tertiary/aromatic N) is 1. The first-order valence-electron chi connectivity index (χ1n) is 6.43. The van der Waals surface area contributed by atoms with E-state index in [0.29, 0.717) is 0 Å². The van der Waals surface area contributed by atoms with Gasteiger partial charge in [0.05, 0.1) is 27.2 Å². The zero-order valence-electron chi connectivity index (χ0n) is 11.6. The lowest BCUT2D eigenvalue weighted by molar-refractivity contribution is -0.888. The van der Waals surface area contributed by atoms with Crippen LogP contribution in [-0.4, -0.2) is 43.7 Å². The fourth-order valence-corrected chi connectivity index (χ4v) is 2.45. The van der Waals surface area contributed by atoms with Crippen LogP contribution in [0, 0.1) is 0 Å². The molecule has 0 heterocycles. The van der Waals surface area contributed by atoms with Gasteiger partial charge in [-0.05, 0) is 19.1 Å². The Morgan fingerprint density at radius 1 is 0.875 bits per heavy atom. The van der Waals surface area contributed by atoms with Crippen molar-refractivity contribution in [2.75, 3.05) is 39.2 Å². The van der Waals surface area contributed by atoms with Crippen LogP contribution in [0.4, 0.5) is 0 Å². The highest BCUT2D eigenvalue weighted by atomic mass is 35.5. The number of quaternary nitrogens is 1. The van der Waals surface area contributed by atoms with E-state index in [4.69, 9.17) is 0 Å². The number of hydrogen-bond donors (Lipinski definition) is 0. The average molecular weight is 268 g/mol. The summed E-state index contributed by atoms with van der Waals surface area (Å²) in [5.41, 5.74) is 0. The molecule has 16 heavy (non-hydrogen) atoms. The summed E-state index contributed by atoms with van der Waals surface area (Å²) in [6, 6.07) is 0. The molecule has 0 unspecified atom stereocenters. The summed E-state index contributed by atoms with van der Waals surface area (Å²) in [4.78, 5) is 0. The van der Waals surface area contributed by atoms with Gasteiger partial charge in [-0.1, -0.05) is 32.6 Å². The molecule has 1 nitrogen and oxygen atoms in total. The minimum atomic E-state index is 0. The summed E-state index contributed by atoms with van der Waals surface area (Å²) in [5, 5.41) is 0. The summed E-state index contributed by atoms with van der Waals surface area (Å²) in [5.74, 6) is 1.29. The minimum Gasteiger partial charge on any atom is -1.00 e. The summed E-state index contributed by atoms with van der Waals surface area (Å²) < 4.78 is 1.20. The molecule has 0 atom stereocenters. The Morgan fingerprint density at radius 2 is 1.44 bits per heavy atom. The fraction of sp³-hybridized carbons (Fsp3) is 1.00. The largest absolute Gasteiger partial charge is 1.00 e. The maximum absolute atomic E-state index is 2.36. The van der Waals surface area contributed by atoms with Gasteiger partial charge >= 0.3 is 0 Å². The predicted molar refractivity (Wildman–Crippen MR) is 73.6 cm³/mol. The lowest BCUT2D eigenvalue weighted by Gasteiger charge is -2.29. The Bertz CT molecular complexity index is 140. The molecular formula is C13H30ClNS. The quantitative estimate of drug-likeness (QED) is 0.417. The molecule has 0 fully saturated rings. The second-order valence-electron chi connectivity index (χ2n) is 5.14. The van der Waals surface area contributed by atoms with Crippen LogP contribution in [0.1, 0.15) is 45.4 Å². The zero-order valence-corrected chi connectivity index (χ0v) is 13.2. The number of unbranched alkanes of at least 4 members (excludes halogenated alkanes) is 5. The molecule has 0 amide bonds. The monoisotopic (exact) mass is 267 g/mol. The van der Waals surface area contributed by atoms with Crippen LogP contribution in [0.3, 0.4) is 0 Å². The van der Waals surface area contributed by atoms with E-state index in [2.05, 4.69) is 27.3 Å². The first-order chi connectivity index (χ1) is 7.12. The van der Waals surface area contributed by atoms with Crippen molar-refractivity contribution in [1.29, 1.82) is 0 Å². The van der Waals surface area contributed by atoms with Crippen molar-refractivity contribution < 1.29 is 16.9 Å². The van der Waals surface area contributed by atoms with Gasteiger partial charge in [0, 0.05) is 5.75 Å². The van der Waals surface area contributed by atoms with E-state index < -0.39 is 0 Å². The smallest absolute Gasteiger partial charge is 0.0874 e. The van der Waals surface area contributed by atoms with E-state index in [1.54, 1.807) is 0 Å². The van der Waals surface area contributed by atoms with Gasteiger partial charge in [-0.2, -0.15) is 11.8 Å². The summed E-state index contributed by atoms with van der Waals surface area (Å²) in [6.07, 6.45) is 10.7. The van der Waals surface area contributed by atoms with Crippen molar-refractivity contribution >= 4 is 11.8 Å². The molecule has 0 aromatic carbocycles. The third-order valence-corrected chi connectivity index (χ3v) is 3.61. The van der Waals surface area contributed by atoms with E-state index in [-0.39, 0.29) is 12.4 Å². The van der Waals surface area contributed by atoms with Crippen LogP contribution < -0.4 is 12.4 Å². The van der Waals surface area contributed by atoms with E-state index in [1.807, 2.05) is 11.8 Å². The Kier molecular flexibility index (Phi) is 14.3. The molecule has 0 aliphatic heterocycles. The molecule has 0 saturated carbocycles. The molecule has 0 rings (SSSR count). The second-order valence-corrected chi connectivity index (χ2v) is 6.13. The van der Waals surface area contributed by atoms with Gasteiger partial charge in [-0.15, -0.1) is 0 Å². The van der Waals surface area contributed by atoms with Gasteiger partial charge in [0.25, 0.3) is 0 Å². The van der Waals surface area contributed by atoms with Crippen molar-refractivity contribution in [3.63, 3.8) is 0 Å². The van der Waals surface area contributed by atoms with E-state index in [0.717, 1.165) is 0 Å². The molecule has 0 aromatic heterocycles. The number of halogens is 1. The van der Waals surface area contributed by atoms with Gasteiger partial charge in [0.1, 0.15) is 0 Å². The average Bonchev–Trinajstić information content (AvgIpc) is 2.20. The van der Waals surface area contributed by atoms with Gasteiger partial charge in [0.15, 0.2) is 0 Å². The first-order valence-corrected chi connectivity index (χ1v) is 7.82. The van der Waals surface area contributed by atoms with Crippen molar-refractivity contribution in [2.45, 2.75) is 45.4 Å². The predicted octanol–water partition coefficient (Wildman–Crippen LogP) is 0.790. The van der Waals surface area contributed by atoms with E-state index >= 15 is 0 Å². The Labute approximate surface area is 113 Å². The van der Waals surface area contributed by atoms with Gasteiger partial charge in [0.2, 0.25) is 0 Å². The van der Waals surface area contributed by atoms with Crippen molar-refractivity contribution in [2.24, 2.45) is 0 Å². The van der Waals surface area contributed by atoms with Crippen LogP contribution in [0.2, 0.25) is 0 Å². The molecule has 0 aliphatic carbocycles. The molecule has 0 aliphatic rings. The molecule has 100 valence electrons. The summed E-state index contributed by atoms with van der Waals surface area (Å²) in [7, 11) is 4.73. The molecule has 0 N–H and O–H groups in total. The lowest BCUT2D eigenvalue weighted by Crippen LogP contribution is -3.00.